The fraction of sp³-hybridized carbons (Fsp3) is 0.308. The van der Waals surface area contributed by atoms with Crippen LogP contribution in [0.3, 0.4) is 0 Å². The molecule has 54 heavy (non-hydrogen) atoms. The molecule has 0 fully saturated rings. The molecule has 2 nitrogen and oxygen atoms in total. The third-order valence-electron chi connectivity index (χ3n) is 12.6. The van der Waals surface area contributed by atoms with Crippen molar-refractivity contribution in [1.29, 1.82) is 0 Å². The summed E-state index contributed by atoms with van der Waals surface area (Å²) < 4.78 is 5.22. The van der Waals surface area contributed by atoms with Crippen molar-refractivity contribution in [3.63, 3.8) is 0 Å². The first-order valence-electron chi connectivity index (χ1n) is 19.9. The van der Waals surface area contributed by atoms with E-state index in [9.17, 15) is 0 Å². The second-order valence-corrected chi connectivity index (χ2v) is 20.4. The van der Waals surface area contributed by atoms with Crippen molar-refractivity contribution in [1.82, 2.24) is 8.80 Å². The van der Waals surface area contributed by atoms with Gasteiger partial charge in [-0.2, -0.15) is 0 Å². The number of hydrogen-bond acceptors (Lipinski definition) is 0. The van der Waals surface area contributed by atoms with Crippen molar-refractivity contribution in [2.45, 2.75) is 105 Å². The van der Waals surface area contributed by atoms with E-state index in [1.165, 1.54) is 110 Å². The summed E-state index contributed by atoms with van der Waals surface area (Å²) in [5, 5.41) is 10.8. The summed E-state index contributed by atoms with van der Waals surface area (Å²) >= 11 is 0. The SMILES string of the molecule is CC(C)(C)c1cc(-c2ccc3c4c5c6ccc(C(C)(C)C)cc6n6c7ccccc7c(c7c8ccc(C(C)(C)C)cc8n(c3c2)c47)c56)cc(C(C)(C)C)c1. The topological polar surface area (TPSA) is 8.82 Å². The highest BCUT2D eigenvalue weighted by molar-refractivity contribution is 6.45. The number of nitrogens with zero attached hydrogens (tertiary/aromatic N) is 2. The Bertz CT molecular complexity index is 3140. The van der Waals surface area contributed by atoms with E-state index in [4.69, 9.17) is 0 Å². The van der Waals surface area contributed by atoms with Gasteiger partial charge in [0.1, 0.15) is 0 Å². The maximum Gasteiger partial charge on any atom is 0.0634 e. The molecule has 0 N–H and O–H groups in total. The lowest BCUT2D eigenvalue weighted by Gasteiger charge is -2.26. The normalized spacial score (nSPS) is 13.9. The molecule has 0 bridgehead atoms. The second kappa shape index (κ2) is 10.4. The molecule has 0 saturated carbocycles. The highest BCUT2D eigenvalue weighted by Crippen LogP contribution is 2.52. The van der Waals surface area contributed by atoms with Crippen LogP contribution in [0.4, 0.5) is 0 Å². The van der Waals surface area contributed by atoms with Gasteiger partial charge in [0.25, 0.3) is 0 Å². The van der Waals surface area contributed by atoms with Gasteiger partial charge in [-0.3, -0.25) is 0 Å². The summed E-state index contributed by atoms with van der Waals surface area (Å²) in [6.07, 6.45) is 0. The van der Waals surface area contributed by atoms with Crippen molar-refractivity contribution >= 4 is 76.2 Å². The Balaban J connectivity index is 1.44. The number of rotatable bonds is 1. The Hall–Kier alpha value is -5.08. The summed E-state index contributed by atoms with van der Waals surface area (Å²) in [4.78, 5) is 0. The molecule has 270 valence electrons. The van der Waals surface area contributed by atoms with Gasteiger partial charge in [0.05, 0.1) is 33.1 Å². The molecule has 6 aromatic carbocycles. The molecule has 0 saturated heterocycles. The second-order valence-electron chi connectivity index (χ2n) is 20.4. The minimum Gasteiger partial charge on any atom is -0.308 e. The monoisotopic (exact) mass is 704 g/mol. The van der Waals surface area contributed by atoms with Crippen molar-refractivity contribution < 1.29 is 0 Å². The van der Waals surface area contributed by atoms with Crippen LogP contribution < -0.4 is 0 Å². The average Bonchev–Trinajstić information content (AvgIpc) is 3.82. The molecule has 0 aliphatic heterocycles. The zero-order valence-electron chi connectivity index (χ0n) is 34.1. The molecule has 0 aliphatic rings. The standard InChI is InChI=1S/C52H52N2/c1-49(2,3)31-18-21-37-41(27-31)53-39-16-14-13-15-35(39)43-45-38-22-19-32(50(4,5)6)28-42(38)54-40-25-29(17-20-36(40)44(48(45)54)46(37)47(43)53)30-23-33(51(7,8)9)26-34(24-30)52(10,11)12/h13-28H,1-12H3. The molecule has 2 heteroatoms. The first kappa shape index (κ1) is 33.5. The van der Waals surface area contributed by atoms with Crippen molar-refractivity contribution in [2.75, 3.05) is 0 Å². The van der Waals surface area contributed by atoms with Crippen LogP contribution in [0.15, 0.2) is 97.1 Å². The minimum atomic E-state index is 0.0272. The maximum absolute atomic E-state index is 2.63. The maximum atomic E-state index is 2.63. The van der Waals surface area contributed by atoms with Gasteiger partial charge >= 0.3 is 0 Å². The first-order chi connectivity index (χ1) is 25.3. The Kier molecular flexibility index (Phi) is 6.42. The van der Waals surface area contributed by atoms with Crippen molar-refractivity contribution in [2.24, 2.45) is 0 Å². The Labute approximate surface area is 319 Å². The summed E-state index contributed by atoms with van der Waals surface area (Å²) in [5.74, 6) is 0. The summed E-state index contributed by atoms with van der Waals surface area (Å²) in [7, 11) is 0. The number of hydrogen-bond donors (Lipinski definition) is 0. The predicted octanol–water partition coefficient (Wildman–Crippen LogP) is 14.8. The van der Waals surface area contributed by atoms with Crippen LogP contribution in [0.5, 0.6) is 0 Å². The van der Waals surface area contributed by atoms with E-state index in [1.54, 1.807) is 0 Å². The number of aromatic nitrogens is 2. The van der Waals surface area contributed by atoms with E-state index in [2.05, 4.69) is 189 Å². The van der Waals surface area contributed by atoms with Crippen LogP contribution in [-0.4, -0.2) is 8.80 Å². The van der Waals surface area contributed by atoms with Crippen LogP contribution in [0, 0.1) is 0 Å². The van der Waals surface area contributed by atoms with E-state index in [-0.39, 0.29) is 21.7 Å². The molecule has 0 atom stereocenters. The first-order valence-corrected chi connectivity index (χ1v) is 19.9. The van der Waals surface area contributed by atoms with Crippen molar-refractivity contribution in [3.05, 3.63) is 119 Å². The van der Waals surface area contributed by atoms with E-state index in [0.29, 0.717) is 0 Å². The van der Waals surface area contributed by atoms with Gasteiger partial charge in [0.15, 0.2) is 0 Å². The van der Waals surface area contributed by atoms with Gasteiger partial charge in [-0.05, 0) is 79.3 Å². The van der Waals surface area contributed by atoms with Crippen LogP contribution in [-0.2, 0) is 21.7 Å². The largest absolute Gasteiger partial charge is 0.308 e. The molecule has 0 radical (unpaired) electrons. The molecular formula is C52H52N2. The van der Waals surface area contributed by atoms with Gasteiger partial charge in [0, 0.05) is 43.1 Å². The summed E-state index contributed by atoms with van der Waals surface area (Å²) in [6, 6.07) is 38.2. The Morgan fingerprint density at radius 2 is 0.704 bits per heavy atom. The highest BCUT2D eigenvalue weighted by Gasteiger charge is 2.30. The number of benzene rings is 6. The van der Waals surface area contributed by atoms with E-state index in [1.807, 2.05) is 0 Å². The number of fused-ring (bicyclic) bond motifs is 14. The molecular weight excluding hydrogens is 653 g/mol. The van der Waals surface area contributed by atoms with Gasteiger partial charge < -0.3 is 8.80 Å². The van der Waals surface area contributed by atoms with Gasteiger partial charge in [-0.1, -0.05) is 156 Å². The molecule has 0 amide bonds. The lowest BCUT2D eigenvalue weighted by atomic mass is 9.79. The predicted molar refractivity (Wildman–Crippen MR) is 236 cm³/mol. The minimum absolute atomic E-state index is 0.0272. The third kappa shape index (κ3) is 4.46. The highest BCUT2D eigenvalue weighted by atomic mass is 14.9. The van der Waals surface area contributed by atoms with Crippen LogP contribution in [0.1, 0.15) is 105 Å². The number of para-hydroxylation sites is 1. The fourth-order valence-electron chi connectivity index (χ4n) is 9.40. The smallest absolute Gasteiger partial charge is 0.0634 e. The van der Waals surface area contributed by atoms with Gasteiger partial charge in [-0.25, -0.2) is 0 Å². The Morgan fingerprint density at radius 3 is 1.17 bits per heavy atom. The van der Waals surface area contributed by atoms with Crippen LogP contribution in [0.25, 0.3) is 87.3 Å². The molecule has 4 heterocycles. The van der Waals surface area contributed by atoms with E-state index < -0.39 is 0 Å². The molecule has 10 rings (SSSR count). The van der Waals surface area contributed by atoms with Crippen molar-refractivity contribution in [3.8, 4) is 11.1 Å². The zero-order valence-corrected chi connectivity index (χ0v) is 34.1. The molecule has 0 unspecified atom stereocenters. The molecule has 0 spiro atoms. The molecule has 10 aromatic rings. The summed E-state index contributed by atoms with van der Waals surface area (Å²) in [6.45, 7) is 28.0. The van der Waals surface area contributed by atoms with E-state index >= 15 is 0 Å². The van der Waals surface area contributed by atoms with Gasteiger partial charge in [-0.15, -0.1) is 0 Å². The Morgan fingerprint density at radius 1 is 0.315 bits per heavy atom. The molecule has 4 aromatic heterocycles. The quantitative estimate of drug-likeness (QED) is 0.161. The summed E-state index contributed by atoms with van der Waals surface area (Å²) in [5.41, 5.74) is 16.1. The fourth-order valence-corrected chi connectivity index (χ4v) is 9.40. The van der Waals surface area contributed by atoms with Crippen LogP contribution >= 0.6 is 0 Å². The van der Waals surface area contributed by atoms with Crippen LogP contribution in [0.2, 0.25) is 0 Å². The van der Waals surface area contributed by atoms with E-state index in [0.717, 1.165) is 0 Å². The zero-order chi connectivity index (χ0) is 38.0. The third-order valence-corrected chi connectivity index (χ3v) is 12.6. The lowest BCUT2D eigenvalue weighted by Crippen LogP contribution is -2.16. The average molecular weight is 705 g/mol. The molecule has 0 aliphatic carbocycles. The lowest BCUT2D eigenvalue weighted by molar-refractivity contribution is 0.569. The van der Waals surface area contributed by atoms with Gasteiger partial charge in [0.2, 0.25) is 0 Å².